The first kappa shape index (κ1) is 7.87. The van der Waals surface area contributed by atoms with Gasteiger partial charge >= 0.3 is 0 Å². The molecule has 0 aromatic carbocycles. The quantitative estimate of drug-likeness (QED) is 0.463. The molecule has 0 spiro atoms. The molecule has 5 nitrogen and oxygen atoms in total. The second-order valence-corrected chi connectivity index (χ2v) is 2.37. The highest BCUT2D eigenvalue weighted by molar-refractivity contribution is 6.31. The van der Waals surface area contributed by atoms with E-state index in [1.54, 1.807) is 13.2 Å². The first-order valence-corrected chi connectivity index (χ1v) is 3.26. The van der Waals surface area contributed by atoms with Crippen molar-refractivity contribution in [3.8, 4) is 0 Å². The van der Waals surface area contributed by atoms with Crippen molar-refractivity contribution in [1.82, 2.24) is 9.78 Å². The molecule has 0 aliphatic heterocycles. The van der Waals surface area contributed by atoms with E-state index in [1.807, 2.05) is 0 Å². The molecule has 1 rings (SSSR count). The lowest BCUT2D eigenvalue weighted by atomic mass is 10.6. The number of hydrogen-bond acceptors (Lipinski definition) is 2. The number of guanidine groups is 1. The highest BCUT2D eigenvalue weighted by Gasteiger charge is 2.02. The van der Waals surface area contributed by atoms with Gasteiger partial charge < -0.3 is 11.5 Å². The van der Waals surface area contributed by atoms with E-state index in [1.165, 1.54) is 4.68 Å². The molecule has 0 aliphatic rings. The van der Waals surface area contributed by atoms with Crippen molar-refractivity contribution in [2.24, 2.45) is 23.5 Å². The zero-order valence-electron chi connectivity index (χ0n) is 5.95. The third kappa shape index (κ3) is 1.84. The number of rotatable bonds is 1. The van der Waals surface area contributed by atoms with Crippen molar-refractivity contribution in [2.45, 2.75) is 0 Å². The number of nitrogens with zero attached hydrogens (tertiary/aromatic N) is 3. The second kappa shape index (κ2) is 2.79. The number of halogens is 1. The van der Waals surface area contributed by atoms with Crippen LogP contribution in [0.5, 0.6) is 0 Å². The molecule has 0 atom stereocenters. The van der Waals surface area contributed by atoms with Gasteiger partial charge in [0.2, 0.25) is 0 Å². The summed E-state index contributed by atoms with van der Waals surface area (Å²) in [6.45, 7) is 0. The third-order valence-electron chi connectivity index (χ3n) is 1.02. The molecule has 0 amide bonds. The maximum Gasteiger partial charge on any atom is 0.191 e. The Hall–Kier alpha value is -1.23. The summed E-state index contributed by atoms with van der Waals surface area (Å²) < 4.78 is 1.53. The smallest absolute Gasteiger partial charge is 0.191 e. The number of nitrogens with two attached hydrogens (primary N) is 2. The van der Waals surface area contributed by atoms with Gasteiger partial charge in [0, 0.05) is 7.05 Å². The van der Waals surface area contributed by atoms with Crippen molar-refractivity contribution < 1.29 is 0 Å². The van der Waals surface area contributed by atoms with Crippen LogP contribution in [0.3, 0.4) is 0 Å². The van der Waals surface area contributed by atoms with Crippen LogP contribution in [0.1, 0.15) is 0 Å². The van der Waals surface area contributed by atoms with Crippen molar-refractivity contribution in [1.29, 1.82) is 0 Å². The number of hydrogen-bond donors (Lipinski definition) is 2. The van der Waals surface area contributed by atoms with Gasteiger partial charge in [-0.3, -0.25) is 4.68 Å². The molecule has 1 heterocycles. The minimum atomic E-state index is -0.0279. The predicted octanol–water partition coefficient (Wildman–Crippen LogP) is -0.0216. The van der Waals surface area contributed by atoms with Gasteiger partial charge in [-0.2, -0.15) is 5.10 Å². The number of aryl methyl sites for hydroxylation is 1. The standard InChI is InChI=1S/C5H8ClN5/c1-11-2-3(4(6)10-11)9-5(7)8/h2H,1H3,(H4,7,8,9). The molecular formula is C5H8ClN5. The van der Waals surface area contributed by atoms with E-state index in [2.05, 4.69) is 10.1 Å². The van der Waals surface area contributed by atoms with E-state index in [4.69, 9.17) is 23.1 Å². The van der Waals surface area contributed by atoms with E-state index >= 15 is 0 Å². The molecular weight excluding hydrogens is 166 g/mol. The Morgan fingerprint density at radius 3 is 2.73 bits per heavy atom. The van der Waals surface area contributed by atoms with Crippen molar-refractivity contribution in [2.75, 3.05) is 0 Å². The Morgan fingerprint density at radius 2 is 2.36 bits per heavy atom. The molecule has 11 heavy (non-hydrogen) atoms. The summed E-state index contributed by atoms with van der Waals surface area (Å²) in [5.74, 6) is -0.0279. The average molecular weight is 174 g/mol. The van der Waals surface area contributed by atoms with E-state index in [-0.39, 0.29) is 5.96 Å². The molecule has 0 radical (unpaired) electrons. The molecule has 60 valence electrons. The van der Waals surface area contributed by atoms with Crippen LogP contribution < -0.4 is 11.5 Å². The van der Waals surface area contributed by atoms with Crippen LogP contribution in [0.4, 0.5) is 5.69 Å². The van der Waals surface area contributed by atoms with Gasteiger partial charge in [-0.25, -0.2) is 4.99 Å². The van der Waals surface area contributed by atoms with Gasteiger partial charge in [0.05, 0.1) is 6.20 Å². The lowest BCUT2D eigenvalue weighted by Gasteiger charge is -1.87. The molecule has 0 aliphatic carbocycles. The van der Waals surface area contributed by atoms with E-state index in [0.29, 0.717) is 10.8 Å². The van der Waals surface area contributed by atoms with Crippen molar-refractivity contribution in [3.63, 3.8) is 0 Å². The Balaban J connectivity index is 3.04. The molecule has 1 aromatic heterocycles. The summed E-state index contributed by atoms with van der Waals surface area (Å²) in [6.07, 6.45) is 1.63. The molecule has 0 bridgehead atoms. The van der Waals surface area contributed by atoms with Gasteiger partial charge in [0.15, 0.2) is 11.1 Å². The third-order valence-corrected chi connectivity index (χ3v) is 1.28. The van der Waals surface area contributed by atoms with Crippen LogP contribution in [0, 0.1) is 0 Å². The predicted molar refractivity (Wildman–Crippen MR) is 43.7 cm³/mol. The molecule has 1 aromatic rings. The maximum absolute atomic E-state index is 5.64. The van der Waals surface area contributed by atoms with Gasteiger partial charge in [0.25, 0.3) is 0 Å². The fourth-order valence-electron chi connectivity index (χ4n) is 0.663. The monoisotopic (exact) mass is 173 g/mol. The Bertz CT molecular complexity index is 285. The van der Waals surface area contributed by atoms with Crippen molar-refractivity contribution in [3.05, 3.63) is 11.3 Å². The molecule has 0 fully saturated rings. The van der Waals surface area contributed by atoms with Crippen molar-refractivity contribution >= 4 is 23.2 Å². The highest BCUT2D eigenvalue weighted by atomic mass is 35.5. The van der Waals surface area contributed by atoms with Crippen LogP contribution in [0.25, 0.3) is 0 Å². The Kier molecular flexibility index (Phi) is 2.00. The largest absolute Gasteiger partial charge is 0.370 e. The fourth-order valence-corrected chi connectivity index (χ4v) is 0.873. The maximum atomic E-state index is 5.64. The number of aromatic nitrogens is 2. The molecule has 4 N–H and O–H groups in total. The zero-order chi connectivity index (χ0) is 8.43. The lowest BCUT2D eigenvalue weighted by Crippen LogP contribution is -2.21. The van der Waals surface area contributed by atoms with Crippen LogP contribution in [0.2, 0.25) is 5.15 Å². The Labute approximate surface area is 68.6 Å². The summed E-state index contributed by atoms with van der Waals surface area (Å²) in [6, 6.07) is 0. The van der Waals surface area contributed by atoms with Gasteiger partial charge in [-0.1, -0.05) is 11.6 Å². The molecule has 0 unspecified atom stereocenters. The van der Waals surface area contributed by atoms with Crippen LogP contribution in [-0.2, 0) is 7.05 Å². The van der Waals surface area contributed by atoms with Gasteiger partial charge in [0.1, 0.15) is 5.69 Å². The fraction of sp³-hybridized carbons (Fsp3) is 0.200. The Morgan fingerprint density at radius 1 is 1.73 bits per heavy atom. The van der Waals surface area contributed by atoms with Crippen LogP contribution in [0.15, 0.2) is 11.2 Å². The molecule has 0 saturated heterocycles. The van der Waals surface area contributed by atoms with E-state index < -0.39 is 0 Å². The summed E-state index contributed by atoms with van der Waals surface area (Å²) in [5.41, 5.74) is 10.8. The van der Waals surface area contributed by atoms with Gasteiger partial charge in [-0.15, -0.1) is 0 Å². The van der Waals surface area contributed by atoms with E-state index in [0.717, 1.165) is 0 Å². The van der Waals surface area contributed by atoms with Crippen LogP contribution >= 0.6 is 11.6 Å². The number of aliphatic imine (C=N–C) groups is 1. The normalized spacial score (nSPS) is 9.64. The van der Waals surface area contributed by atoms with E-state index in [9.17, 15) is 0 Å². The first-order valence-electron chi connectivity index (χ1n) is 2.88. The summed E-state index contributed by atoms with van der Waals surface area (Å²) >= 11 is 5.64. The summed E-state index contributed by atoms with van der Waals surface area (Å²) in [4.78, 5) is 3.74. The van der Waals surface area contributed by atoms with Gasteiger partial charge in [-0.05, 0) is 0 Å². The lowest BCUT2D eigenvalue weighted by molar-refractivity contribution is 0.768. The second-order valence-electron chi connectivity index (χ2n) is 2.02. The minimum absolute atomic E-state index is 0.0279. The molecule has 6 heteroatoms. The summed E-state index contributed by atoms with van der Waals surface area (Å²) in [5, 5.41) is 4.12. The highest BCUT2D eigenvalue weighted by Crippen LogP contribution is 2.21. The van der Waals surface area contributed by atoms with Crippen LogP contribution in [-0.4, -0.2) is 15.7 Å². The average Bonchev–Trinajstić information content (AvgIpc) is 2.09. The first-order chi connectivity index (χ1) is 5.09. The molecule has 0 saturated carbocycles. The summed E-state index contributed by atoms with van der Waals surface area (Å²) in [7, 11) is 1.73. The SMILES string of the molecule is Cn1cc(N=C(N)N)c(Cl)n1. The zero-order valence-corrected chi connectivity index (χ0v) is 6.71. The minimum Gasteiger partial charge on any atom is -0.370 e. The topological polar surface area (TPSA) is 82.2 Å².